The molecule has 22 heavy (non-hydrogen) atoms. The molecule has 0 bridgehead atoms. The summed E-state index contributed by atoms with van der Waals surface area (Å²) < 4.78 is 10.2. The minimum Gasteiger partial charge on any atom is -0.496 e. The lowest BCUT2D eigenvalue weighted by Crippen LogP contribution is -2.03. The van der Waals surface area contributed by atoms with Crippen molar-refractivity contribution in [2.24, 2.45) is 0 Å². The molecule has 0 radical (unpaired) electrons. The van der Waals surface area contributed by atoms with Crippen LogP contribution in [0.4, 0.5) is 0 Å². The van der Waals surface area contributed by atoms with Crippen molar-refractivity contribution >= 4 is 11.8 Å². The monoisotopic (exact) mass is 294 g/mol. The van der Waals surface area contributed by atoms with Gasteiger partial charge in [0.2, 0.25) is 5.78 Å². The van der Waals surface area contributed by atoms with Crippen LogP contribution in [0.5, 0.6) is 11.5 Å². The van der Waals surface area contributed by atoms with E-state index in [4.69, 9.17) is 9.47 Å². The second-order valence-electron chi connectivity index (χ2n) is 4.37. The minimum atomic E-state index is -0.440. The van der Waals surface area contributed by atoms with Gasteiger partial charge < -0.3 is 9.47 Å². The van der Waals surface area contributed by atoms with Crippen molar-refractivity contribution in [2.75, 3.05) is 7.11 Å². The average Bonchev–Trinajstić information content (AvgIpc) is 2.53. The van der Waals surface area contributed by atoms with E-state index in [1.165, 1.54) is 14.0 Å². The molecule has 0 heterocycles. The summed E-state index contributed by atoms with van der Waals surface area (Å²) in [6.45, 7) is 1.31. The molecule has 2 rings (SSSR count). The molecule has 0 saturated heterocycles. The number of ether oxygens (including phenoxy) is 2. The summed E-state index contributed by atoms with van der Waals surface area (Å²) in [6, 6.07) is 13.6. The van der Waals surface area contributed by atoms with E-state index in [1.54, 1.807) is 48.5 Å². The van der Waals surface area contributed by atoms with Gasteiger partial charge in [-0.15, -0.1) is 0 Å². The van der Waals surface area contributed by atoms with Gasteiger partial charge in [0.05, 0.1) is 18.2 Å². The number of methoxy groups -OCH3 is 1. The van der Waals surface area contributed by atoms with Gasteiger partial charge in [-0.3, -0.25) is 9.59 Å². The molecule has 0 saturated carbocycles. The van der Waals surface area contributed by atoms with Crippen molar-refractivity contribution < 1.29 is 19.1 Å². The predicted octanol–water partition coefficient (Wildman–Crippen LogP) is 2.85. The lowest BCUT2D eigenvalue weighted by Gasteiger charge is -2.04. The topological polar surface area (TPSA) is 52.6 Å². The van der Waals surface area contributed by atoms with Crippen molar-refractivity contribution in [1.29, 1.82) is 0 Å². The quantitative estimate of drug-likeness (QED) is 0.378. The Labute approximate surface area is 128 Å². The normalized spacial score (nSPS) is 9.36. The lowest BCUT2D eigenvalue weighted by atomic mass is 10.1. The molecule has 0 aliphatic rings. The van der Waals surface area contributed by atoms with Crippen LogP contribution in [0.3, 0.4) is 0 Å². The Morgan fingerprint density at radius 1 is 0.955 bits per heavy atom. The van der Waals surface area contributed by atoms with E-state index in [0.29, 0.717) is 22.6 Å². The van der Waals surface area contributed by atoms with Gasteiger partial charge in [-0.2, -0.15) is 0 Å². The maximum Gasteiger partial charge on any atom is 0.308 e. The smallest absolute Gasteiger partial charge is 0.308 e. The van der Waals surface area contributed by atoms with Crippen molar-refractivity contribution in [3.05, 3.63) is 59.7 Å². The third-order valence-corrected chi connectivity index (χ3v) is 2.80. The first-order chi connectivity index (χ1) is 10.6. The van der Waals surface area contributed by atoms with Gasteiger partial charge in [-0.25, -0.2) is 0 Å². The second kappa shape index (κ2) is 7.09. The molecule has 0 aliphatic heterocycles. The number of hydrogen-bond donors (Lipinski definition) is 0. The molecule has 4 nitrogen and oxygen atoms in total. The predicted molar refractivity (Wildman–Crippen MR) is 82.0 cm³/mol. The fraction of sp³-hybridized carbons (Fsp3) is 0.111. The van der Waals surface area contributed by atoms with E-state index in [2.05, 4.69) is 11.8 Å². The molecule has 0 amide bonds. The largest absolute Gasteiger partial charge is 0.496 e. The number of rotatable bonds is 3. The van der Waals surface area contributed by atoms with Gasteiger partial charge >= 0.3 is 5.97 Å². The fourth-order valence-electron chi connectivity index (χ4n) is 1.84. The van der Waals surface area contributed by atoms with Crippen molar-refractivity contribution in [1.82, 2.24) is 0 Å². The number of esters is 1. The molecule has 0 N–H and O–H groups in total. The Balaban J connectivity index is 2.31. The van der Waals surface area contributed by atoms with E-state index < -0.39 is 5.97 Å². The van der Waals surface area contributed by atoms with Gasteiger partial charge in [-0.1, -0.05) is 30.2 Å². The van der Waals surface area contributed by atoms with E-state index in [1.807, 2.05) is 0 Å². The third kappa shape index (κ3) is 3.74. The van der Waals surface area contributed by atoms with Gasteiger partial charge in [0, 0.05) is 6.92 Å². The molecule has 2 aromatic carbocycles. The Hall–Kier alpha value is -3.06. The SMILES string of the molecule is COc1ccccc1C(=O)C#Cc1ccccc1OC(C)=O. The zero-order valence-electron chi connectivity index (χ0n) is 12.3. The van der Waals surface area contributed by atoms with Crippen molar-refractivity contribution in [3.63, 3.8) is 0 Å². The molecular formula is C18H14O4. The molecular weight excluding hydrogens is 280 g/mol. The first-order valence-corrected chi connectivity index (χ1v) is 6.58. The van der Waals surface area contributed by atoms with Gasteiger partial charge in [-0.05, 0) is 30.2 Å². The summed E-state index contributed by atoms with van der Waals surface area (Å²) in [6.07, 6.45) is 0. The van der Waals surface area contributed by atoms with Gasteiger partial charge in [0.1, 0.15) is 11.5 Å². The van der Waals surface area contributed by atoms with Gasteiger partial charge in [0.25, 0.3) is 0 Å². The highest BCUT2D eigenvalue weighted by molar-refractivity contribution is 6.11. The lowest BCUT2D eigenvalue weighted by molar-refractivity contribution is -0.131. The molecule has 0 spiro atoms. The Morgan fingerprint density at radius 3 is 2.27 bits per heavy atom. The number of carbonyl (C=O) groups excluding carboxylic acids is 2. The Kier molecular flexibility index (Phi) is 4.94. The maximum atomic E-state index is 12.2. The number of hydrogen-bond acceptors (Lipinski definition) is 4. The second-order valence-corrected chi connectivity index (χ2v) is 4.37. The van der Waals surface area contributed by atoms with Crippen LogP contribution >= 0.6 is 0 Å². The number of ketones is 1. The number of carbonyl (C=O) groups is 2. The highest BCUT2D eigenvalue weighted by Gasteiger charge is 2.09. The molecule has 0 fully saturated rings. The summed E-state index contributed by atoms with van der Waals surface area (Å²) in [7, 11) is 1.50. The fourth-order valence-corrected chi connectivity index (χ4v) is 1.84. The summed E-state index contributed by atoms with van der Waals surface area (Å²) in [5.74, 6) is 5.27. The van der Waals surface area contributed by atoms with Crippen LogP contribution in [0.1, 0.15) is 22.8 Å². The van der Waals surface area contributed by atoms with Crippen LogP contribution in [-0.4, -0.2) is 18.9 Å². The molecule has 4 heteroatoms. The van der Waals surface area contributed by atoms with Crippen LogP contribution in [0.15, 0.2) is 48.5 Å². The minimum absolute atomic E-state index is 0.329. The van der Waals surface area contributed by atoms with Crippen LogP contribution in [0.25, 0.3) is 0 Å². The van der Waals surface area contributed by atoms with Crippen molar-refractivity contribution in [2.45, 2.75) is 6.92 Å². The molecule has 0 aromatic heterocycles. The summed E-state index contributed by atoms with van der Waals surface area (Å²) >= 11 is 0. The van der Waals surface area contributed by atoms with Crippen molar-refractivity contribution in [3.8, 4) is 23.3 Å². The standard InChI is InChI=1S/C18H14O4/c1-13(19)22-17-9-5-3-7-14(17)11-12-16(20)15-8-4-6-10-18(15)21-2/h3-10H,1-2H3. The summed E-state index contributed by atoms with van der Waals surface area (Å²) in [4.78, 5) is 23.2. The average molecular weight is 294 g/mol. The maximum absolute atomic E-state index is 12.2. The number of Topliss-reactive ketones (excluding diaryl/α,β-unsaturated/α-hetero) is 1. The molecule has 0 unspecified atom stereocenters. The highest BCUT2D eigenvalue weighted by atomic mass is 16.5. The zero-order valence-corrected chi connectivity index (χ0v) is 12.3. The molecule has 0 aliphatic carbocycles. The number of para-hydroxylation sites is 2. The number of benzene rings is 2. The van der Waals surface area contributed by atoms with E-state index in [-0.39, 0.29) is 5.78 Å². The van der Waals surface area contributed by atoms with Crippen LogP contribution < -0.4 is 9.47 Å². The molecule has 2 aromatic rings. The Morgan fingerprint density at radius 2 is 1.59 bits per heavy atom. The first-order valence-electron chi connectivity index (χ1n) is 6.58. The molecule has 110 valence electrons. The summed E-state index contributed by atoms with van der Waals surface area (Å²) in [5.41, 5.74) is 0.864. The zero-order chi connectivity index (χ0) is 15.9. The molecule has 0 atom stereocenters. The van der Waals surface area contributed by atoms with E-state index >= 15 is 0 Å². The van der Waals surface area contributed by atoms with Crippen LogP contribution in [-0.2, 0) is 4.79 Å². The van der Waals surface area contributed by atoms with E-state index in [9.17, 15) is 9.59 Å². The highest BCUT2D eigenvalue weighted by Crippen LogP contribution is 2.19. The van der Waals surface area contributed by atoms with Gasteiger partial charge in [0.15, 0.2) is 0 Å². The first kappa shape index (κ1) is 15.3. The van der Waals surface area contributed by atoms with E-state index in [0.717, 1.165) is 0 Å². The van der Waals surface area contributed by atoms with Crippen LogP contribution in [0, 0.1) is 11.8 Å². The third-order valence-electron chi connectivity index (χ3n) is 2.80. The van der Waals surface area contributed by atoms with Crippen LogP contribution in [0.2, 0.25) is 0 Å². The summed E-state index contributed by atoms with van der Waals surface area (Å²) in [5, 5.41) is 0. The Bertz CT molecular complexity index is 766.